The van der Waals surface area contributed by atoms with Crippen molar-refractivity contribution in [3.8, 4) is 0 Å². The molecule has 0 aliphatic carbocycles. The summed E-state index contributed by atoms with van der Waals surface area (Å²) < 4.78 is 35.9. The Labute approximate surface area is 251 Å². The Hall–Kier alpha value is -0.730. The van der Waals surface area contributed by atoms with Crippen molar-refractivity contribution < 1.29 is 33.2 Å². The van der Waals surface area contributed by atoms with E-state index in [2.05, 4.69) is 6.92 Å². The van der Waals surface area contributed by atoms with Crippen LogP contribution in [0.2, 0.25) is 0 Å². The van der Waals surface area contributed by atoms with E-state index in [1.807, 2.05) is 27.7 Å². The molecule has 0 aromatic rings. The summed E-state index contributed by atoms with van der Waals surface area (Å²) in [6, 6.07) is 0. The molecule has 0 bridgehead atoms. The average molecular weight is 583 g/mol. The first-order valence-electron chi connectivity index (χ1n) is 17.2. The highest BCUT2D eigenvalue weighted by atomic mass is 16.9. The van der Waals surface area contributed by atoms with E-state index in [0.29, 0.717) is 6.42 Å². The van der Waals surface area contributed by atoms with E-state index >= 15 is 0 Å². The molecule has 3 saturated heterocycles. The van der Waals surface area contributed by atoms with Crippen molar-refractivity contribution >= 4 is 5.97 Å². The molecule has 7 heteroatoms. The lowest BCUT2D eigenvalue weighted by atomic mass is 9.99. The Bertz CT molecular complexity index is 724. The van der Waals surface area contributed by atoms with Gasteiger partial charge in [-0.15, -0.1) is 0 Å². The van der Waals surface area contributed by atoms with Gasteiger partial charge in [-0.2, -0.15) is 0 Å². The first kappa shape index (κ1) is 34.8. The SMILES string of the molecule is CCCCCCCCCCCCCCCCCCCCCC(=O)OC[C@H]1O[C@H]2OC(C)(C)O[C@@H]2[C@H]2OC(C)(C)O[C@H]21. The van der Waals surface area contributed by atoms with Gasteiger partial charge < -0.3 is 28.4 Å². The van der Waals surface area contributed by atoms with Gasteiger partial charge >= 0.3 is 5.97 Å². The largest absolute Gasteiger partial charge is 0.463 e. The number of hydrogen-bond acceptors (Lipinski definition) is 7. The zero-order chi connectivity index (χ0) is 29.6. The van der Waals surface area contributed by atoms with E-state index in [1.54, 1.807) is 0 Å². The molecule has 0 amide bonds. The molecule has 0 unspecified atom stereocenters. The zero-order valence-electron chi connectivity index (χ0n) is 27.1. The van der Waals surface area contributed by atoms with Crippen molar-refractivity contribution in [1.29, 1.82) is 0 Å². The van der Waals surface area contributed by atoms with Gasteiger partial charge in [-0.3, -0.25) is 4.79 Å². The number of unbranched alkanes of at least 4 members (excludes halogenated alkanes) is 18. The second-order valence-corrected chi connectivity index (χ2v) is 13.5. The topological polar surface area (TPSA) is 72.5 Å². The Kier molecular flexibility index (Phi) is 15.4. The molecular formula is C34H62O7. The van der Waals surface area contributed by atoms with E-state index in [9.17, 15) is 4.79 Å². The quantitative estimate of drug-likeness (QED) is 0.0933. The molecule has 0 saturated carbocycles. The Morgan fingerprint density at radius 3 is 1.49 bits per heavy atom. The first-order valence-corrected chi connectivity index (χ1v) is 17.2. The number of carbonyl (C=O) groups excluding carboxylic acids is 1. The fraction of sp³-hybridized carbons (Fsp3) is 0.971. The molecule has 0 spiro atoms. The molecule has 3 fully saturated rings. The maximum absolute atomic E-state index is 12.4. The maximum Gasteiger partial charge on any atom is 0.305 e. The van der Waals surface area contributed by atoms with Gasteiger partial charge in [0, 0.05) is 6.42 Å². The van der Waals surface area contributed by atoms with Gasteiger partial charge in [0.1, 0.15) is 31.0 Å². The van der Waals surface area contributed by atoms with Crippen LogP contribution in [0.25, 0.3) is 0 Å². The number of ether oxygens (including phenoxy) is 6. The lowest BCUT2D eigenvalue weighted by molar-refractivity contribution is -0.242. The van der Waals surface area contributed by atoms with Crippen LogP contribution in [0, 0.1) is 0 Å². The third kappa shape index (κ3) is 12.8. The number of carbonyl (C=O) groups is 1. The van der Waals surface area contributed by atoms with Crippen LogP contribution in [0.4, 0.5) is 0 Å². The number of hydrogen-bond donors (Lipinski definition) is 0. The molecule has 0 N–H and O–H groups in total. The van der Waals surface area contributed by atoms with Crippen molar-refractivity contribution in [2.75, 3.05) is 6.61 Å². The molecule has 240 valence electrons. The van der Waals surface area contributed by atoms with E-state index in [1.165, 1.54) is 109 Å². The van der Waals surface area contributed by atoms with Crippen LogP contribution >= 0.6 is 0 Å². The van der Waals surface area contributed by atoms with Crippen LogP contribution in [0.15, 0.2) is 0 Å². The van der Waals surface area contributed by atoms with Crippen LogP contribution in [-0.2, 0) is 33.2 Å². The normalized spacial score (nSPS) is 28.0. The van der Waals surface area contributed by atoms with Crippen molar-refractivity contribution in [2.24, 2.45) is 0 Å². The van der Waals surface area contributed by atoms with Crippen LogP contribution < -0.4 is 0 Å². The summed E-state index contributed by atoms with van der Waals surface area (Å²) >= 11 is 0. The molecule has 5 atom stereocenters. The second-order valence-electron chi connectivity index (χ2n) is 13.5. The number of esters is 1. The first-order chi connectivity index (χ1) is 19.7. The summed E-state index contributed by atoms with van der Waals surface area (Å²) in [6.07, 6.45) is 23.8. The van der Waals surface area contributed by atoms with Crippen molar-refractivity contribution in [1.82, 2.24) is 0 Å². The van der Waals surface area contributed by atoms with E-state index < -0.39 is 24.0 Å². The third-order valence-corrected chi connectivity index (χ3v) is 8.64. The van der Waals surface area contributed by atoms with Gasteiger partial charge in [-0.1, -0.05) is 122 Å². The van der Waals surface area contributed by atoms with Gasteiger partial charge in [0.2, 0.25) is 0 Å². The van der Waals surface area contributed by atoms with Crippen LogP contribution in [0.1, 0.15) is 163 Å². The Morgan fingerprint density at radius 1 is 0.561 bits per heavy atom. The molecule has 41 heavy (non-hydrogen) atoms. The fourth-order valence-electron chi connectivity index (χ4n) is 6.42. The highest BCUT2D eigenvalue weighted by molar-refractivity contribution is 5.69. The second kappa shape index (κ2) is 18.2. The van der Waals surface area contributed by atoms with Crippen LogP contribution in [-0.4, -0.2) is 54.9 Å². The van der Waals surface area contributed by atoms with Gasteiger partial charge in [0.05, 0.1) is 0 Å². The summed E-state index contributed by atoms with van der Waals surface area (Å²) in [4.78, 5) is 12.4. The minimum atomic E-state index is -0.756. The van der Waals surface area contributed by atoms with E-state index in [-0.39, 0.29) is 30.9 Å². The highest BCUT2D eigenvalue weighted by Crippen LogP contribution is 2.44. The molecule has 3 aliphatic rings. The lowest BCUT2D eigenvalue weighted by Crippen LogP contribution is -2.56. The molecule has 3 rings (SSSR count). The third-order valence-electron chi connectivity index (χ3n) is 8.64. The van der Waals surface area contributed by atoms with Gasteiger partial charge in [0.25, 0.3) is 0 Å². The predicted octanol–water partition coefficient (Wildman–Crippen LogP) is 8.75. The highest BCUT2D eigenvalue weighted by Gasteiger charge is 2.60. The van der Waals surface area contributed by atoms with Crippen LogP contribution in [0.3, 0.4) is 0 Å². The minimum Gasteiger partial charge on any atom is -0.463 e. The molecule has 0 aromatic carbocycles. The Balaban J connectivity index is 1.12. The fourth-order valence-corrected chi connectivity index (χ4v) is 6.42. The standard InChI is InChI=1S/C34H62O7/c1-6-7-8-9-10-11-12-13-14-15-16-17-18-19-20-21-22-23-24-25-28(35)36-26-27-29-30(39-33(2,3)38-29)31-32(37-27)41-34(4,5)40-31/h27,29-32H,6-26H2,1-5H3/t27-,29+,30+,31-,32+/m1/s1. The summed E-state index contributed by atoms with van der Waals surface area (Å²) in [6.45, 7) is 9.89. The summed E-state index contributed by atoms with van der Waals surface area (Å²) in [5.74, 6) is -1.69. The summed E-state index contributed by atoms with van der Waals surface area (Å²) in [7, 11) is 0. The van der Waals surface area contributed by atoms with Crippen molar-refractivity contribution in [3.63, 3.8) is 0 Å². The van der Waals surface area contributed by atoms with Crippen molar-refractivity contribution in [2.45, 2.75) is 205 Å². The zero-order valence-corrected chi connectivity index (χ0v) is 27.1. The van der Waals surface area contributed by atoms with E-state index in [4.69, 9.17) is 28.4 Å². The molecule has 3 aliphatic heterocycles. The molecule has 0 radical (unpaired) electrons. The molecular weight excluding hydrogens is 520 g/mol. The number of rotatable bonds is 22. The van der Waals surface area contributed by atoms with Crippen LogP contribution in [0.5, 0.6) is 0 Å². The van der Waals surface area contributed by atoms with Gasteiger partial charge in [-0.05, 0) is 34.1 Å². The van der Waals surface area contributed by atoms with Gasteiger partial charge in [0.15, 0.2) is 17.9 Å². The average Bonchev–Trinajstić information content (AvgIpc) is 3.42. The minimum absolute atomic E-state index is 0.131. The summed E-state index contributed by atoms with van der Waals surface area (Å²) in [5, 5.41) is 0. The molecule has 0 aromatic heterocycles. The summed E-state index contributed by atoms with van der Waals surface area (Å²) in [5.41, 5.74) is 0. The maximum atomic E-state index is 12.4. The Morgan fingerprint density at radius 2 is 0.976 bits per heavy atom. The lowest BCUT2D eigenvalue weighted by Gasteiger charge is -2.36. The van der Waals surface area contributed by atoms with E-state index in [0.717, 1.165) is 12.8 Å². The smallest absolute Gasteiger partial charge is 0.305 e. The van der Waals surface area contributed by atoms with Gasteiger partial charge in [-0.25, -0.2) is 0 Å². The monoisotopic (exact) mass is 582 g/mol. The molecule has 3 heterocycles. The number of fused-ring (bicyclic) bond motifs is 3. The predicted molar refractivity (Wildman–Crippen MR) is 161 cm³/mol. The molecule has 7 nitrogen and oxygen atoms in total. The van der Waals surface area contributed by atoms with Crippen molar-refractivity contribution in [3.05, 3.63) is 0 Å².